The van der Waals surface area contributed by atoms with E-state index in [0.29, 0.717) is 44.5 Å². The number of hydrogen-bond acceptors (Lipinski definition) is 6. The van der Waals surface area contributed by atoms with E-state index >= 15 is 0 Å². The summed E-state index contributed by atoms with van der Waals surface area (Å²) in [5.74, 6) is 0.199. The van der Waals surface area contributed by atoms with Crippen molar-refractivity contribution in [2.45, 2.75) is 25.5 Å². The van der Waals surface area contributed by atoms with Gasteiger partial charge in [-0.2, -0.15) is 0 Å². The Bertz CT molecular complexity index is 887. The minimum absolute atomic E-state index is 0.0145. The van der Waals surface area contributed by atoms with Crippen LogP contribution in [0.4, 0.5) is 0 Å². The van der Waals surface area contributed by atoms with Gasteiger partial charge in [-0.25, -0.2) is 0 Å². The molecule has 8 nitrogen and oxygen atoms in total. The summed E-state index contributed by atoms with van der Waals surface area (Å²) in [6.07, 6.45) is 6.45. The maximum absolute atomic E-state index is 13.2. The Morgan fingerprint density at radius 2 is 2.00 bits per heavy atom. The van der Waals surface area contributed by atoms with Gasteiger partial charge < -0.3 is 19.7 Å². The fraction of sp³-hybridized carbons (Fsp3) is 0.478. The molecule has 1 unspecified atom stereocenters. The Morgan fingerprint density at radius 1 is 1.23 bits per heavy atom. The molecule has 0 radical (unpaired) electrons. The second-order valence-corrected chi connectivity index (χ2v) is 8.11. The third kappa shape index (κ3) is 4.91. The molecular formula is C23H28N4O4. The van der Waals surface area contributed by atoms with Crippen molar-refractivity contribution in [3.63, 3.8) is 0 Å². The van der Waals surface area contributed by atoms with Crippen LogP contribution in [0.3, 0.4) is 0 Å². The number of amides is 2. The molecule has 31 heavy (non-hydrogen) atoms. The van der Waals surface area contributed by atoms with Crippen molar-refractivity contribution in [1.29, 1.82) is 0 Å². The van der Waals surface area contributed by atoms with E-state index in [4.69, 9.17) is 9.47 Å². The van der Waals surface area contributed by atoms with E-state index < -0.39 is 6.04 Å². The first-order valence-corrected chi connectivity index (χ1v) is 10.6. The standard InChI is InChI=1S/C23H28N4O4/c1-30-12-10-27(22(29)23-13-18(23)14-23)20(19-15-24-7-8-25-19)21(28)26-9-11-31-16-17-5-3-2-4-6-17/h2-8,15,18,20H,9-14,16H2,1H3,(H,26,28). The molecule has 2 aliphatic rings. The summed E-state index contributed by atoms with van der Waals surface area (Å²) in [5.41, 5.74) is 1.27. The zero-order valence-corrected chi connectivity index (χ0v) is 17.7. The van der Waals surface area contributed by atoms with Crippen molar-refractivity contribution in [1.82, 2.24) is 20.2 Å². The van der Waals surface area contributed by atoms with Crippen molar-refractivity contribution in [3.8, 4) is 0 Å². The second kappa shape index (κ2) is 9.53. The number of ether oxygens (including phenoxy) is 2. The molecule has 2 aromatic rings. The van der Waals surface area contributed by atoms with Gasteiger partial charge in [-0.1, -0.05) is 30.3 Å². The Labute approximate surface area is 182 Å². The molecule has 0 aliphatic heterocycles. The molecule has 1 atom stereocenters. The molecule has 1 heterocycles. The largest absolute Gasteiger partial charge is 0.383 e. The van der Waals surface area contributed by atoms with E-state index in [-0.39, 0.29) is 17.2 Å². The fourth-order valence-corrected chi connectivity index (χ4v) is 3.87. The van der Waals surface area contributed by atoms with Crippen LogP contribution >= 0.6 is 0 Å². The van der Waals surface area contributed by atoms with E-state index in [1.54, 1.807) is 18.2 Å². The predicted molar refractivity (Wildman–Crippen MR) is 113 cm³/mol. The van der Waals surface area contributed by atoms with Crippen LogP contribution in [0, 0.1) is 11.3 Å². The molecule has 1 aromatic heterocycles. The van der Waals surface area contributed by atoms with Gasteiger partial charge in [-0.05, 0) is 24.3 Å². The summed E-state index contributed by atoms with van der Waals surface area (Å²) in [6, 6.07) is 9.01. The van der Waals surface area contributed by atoms with E-state index in [1.165, 1.54) is 12.4 Å². The maximum atomic E-state index is 13.2. The van der Waals surface area contributed by atoms with Crippen LogP contribution in [0.25, 0.3) is 0 Å². The highest BCUT2D eigenvalue weighted by atomic mass is 16.5. The quantitative estimate of drug-likeness (QED) is 0.522. The van der Waals surface area contributed by atoms with Gasteiger partial charge in [-0.15, -0.1) is 0 Å². The van der Waals surface area contributed by atoms with Crippen molar-refractivity contribution >= 4 is 11.8 Å². The molecule has 1 aromatic carbocycles. The Hall–Kier alpha value is -2.84. The summed E-state index contributed by atoms with van der Waals surface area (Å²) in [6.45, 7) is 1.85. The number of benzene rings is 1. The van der Waals surface area contributed by atoms with Gasteiger partial charge in [-0.3, -0.25) is 19.6 Å². The monoisotopic (exact) mass is 424 g/mol. The molecular weight excluding hydrogens is 396 g/mol. The molecule has 0 bridgehead atoms. The first-order valence-electron chi connectivity index (χ1n) is 10.6. The lowest BCUT2D eigenvalue weighted by molar-refractivity contribution is -0.144. The lowest BCUT2D eigenvalue weighted by Crippen LogP contribution is -2.47. The van der Waals surface area contributed by atoms with Crippen LogP contribution < -0.4 is 5.32 Å². The molecule has 4 rings (SSSR count). The van der Waals surface area contributed by atoms with E-state index in [9.17, 15) is 9.59 Å². The molecule has 2 aliphatic carbocycles. The highest BCUT2D eigenvalue weighted by Gasteiger charge is 2.75. The second-order valence-electron chi connectivity index (χ2n) is 8.11. The number of carbonyl (C=O) groups excluding carboxylic acids is 2. The van der Waals surface area contributed by atoms with Crippen LogP contribution in [-0.4, -0.2) is 60.1 Å². The number of aromatic nitrogens is 2. The van der Waals surface area contributed by atoms with E-state index in [2.05, 4.69) is 15.3 Å². The molecule has 164 valence electrons. The smallest absolute Gasteiger partial charge is 0.249 e. The number of rotatable bonds is 12. The molecule has 2 saturated carbocycles. The normalized spacial score (nSPS) is 21.6. The van der Waals surface area contributed by atoms with E-state index in [0.717, 1.165) is 18.4 Å². The number of hydrogen-bond donors (Lipinski definition) is 1. The topological polar surface area (TPSA) is 93.7 Å². The number of nitrogens with one attached hydrogen (secondary N) is 1. The third-order valence-electron chi connectivity index (χ3n) is 5.99. The summed E-state index contributed by atoms with van der Waals surface area (Å²) >= 11 is 0. The van der Waals surface area contributed by atoms with Gasteiger partial charge in [0.25, 0.3) is 0 Å². The summed E-state index contributed by atoms with van der Waals surface area (Å²) < 4.78 is 10.9. The fourth-order valence-electron chi connectivity index (χ4n) is 3.87. The van der Waals surface area contributed by atoms with E-state index in [1.807, 2.05) is 30.3 Å². The van der Waals surface area contributed by atoms with Crippen LogP contribution in [-0.2, 0) is 25.7 Å². The molecule has 8 heteroatoms. The molecule has 2 fully saturated rings. The van der Waals surface area contributed by atoms with Gasteiger partial charge in [0.15, 0.2) is 6.04 Å². The van der Waals surface area contributed by atoms with Crippen LogP contribution in [0.15, 0.2) is 48.9 Å². The van der Waals surface area contributed by atoms with Crippen LogP contribution in [0.5, 0.6) is 0 Å². The SMILES string of the molecule is COCCN(C(=O)C12CC1C2)C(C(=O)NCCOCc1ccccc1)c1cnccn1. The van der Waals surface area contributed by atoms with Gasteiger partial charge in [0.05, 0.1) is 37.1 Å². The van der Waals surface area contributed by atoms with Gasteiger partial charge in [0, 0.05) is 32.6 Å². The number of carbonyl (C=O) groups is 2. The van der Waals surface area contributed by atoms with Gasteiger partial charge in [0.1, 0.15) is 0 Å². The lowest BCUT2D eigenvalue weighted by atomic mass is 10.1. The lowest BCUT2D eigenvalue weighted by Gasteiger charge is -2.31. The first-order chi connectivity index (χ1) is 15.2. The molecule has 2 amide bonds. The molecule has 1 N–H and O–H groups in total. The summed E-state index contributed by atoms with van der Waals surface area (Å²) in [4.78, 5) is 36.5. The zero-order valence-electron chi connectivity index (χ0n) is 17.7. The van der Waals surface area contributed by atoms with Gasteiger partial charge >= 0.3 is 0 Å². The van der Waals surface area contributed by atoms with Crippen LogP contribution in [0.1, 0.15) is 30.1 Å². The highest BCUT2D eigenvalue weighted by Crippen LogP contribution is 2.76. The van der Waals surface area contributed by atoms with Gasteiger partial charge in [0.2, 0.25) is 11.8 Å². The predicted octanol–water partition coefficient (Wildman–Crippen LogP) is 1.74. The van der Waals surface area contributed by atoms with Crippen LogP contribution in [0.2, 0.25) is 0 Å². The Balaban J connectivity index is 1.40. The average molecular weight is 425 g/mol. The molecule has 0 saturated heterocycles. The Kier molecular flexibility index (Phi) is 6.58. The minimum atomic E-state index is -0.846. The number of fused-ring (bicyclic) bond motifs is 1. The minimum Gasteiger partial charge on any atom is -0.383 e. The summed E-state index contributed by atoms with van der Waals surface area (Å²) in [5, 5.41) is 2.90. The third-order valence-corrected chi connectivity index (χ3v) is 5.99. The highest BCUT2D eigenvalue weighted by molar-refractivity contribution is 5.94. The first kappa shape index (κ1) is 21.4. The number of methoxy groups -OCH3 is 1. The average Bonchev–Trinajstić information content (AvgIpc) is 3.68. The zero-order chi connectivity index (χ0) is 21.7. The van der Waals surface area contributed by atoms with Crippen molar-refractivity contribution in [3.05, 3.63) is 60.2 Å². The Morgan fingerprint density at radius 3 is 2.65 bits per heavy atom. The summed E-state index contributed by atoms with van der Waals surface area (Å²) in [7, 11) is 1.58. The molecule has 0 spiro atoms. The van der Waals surface area contributed by atoms with Crippen molar-refractivity contribution in [2.24, 2.45) is 11.3 Å². The number of nitrogens with zero attached hydrogens (tertiary/aromatic N) is 3. The van der Waals surface area contributed by atoms with Crippen molar-refractivity contribution < 1.29 is 19.1 Å². The maximum Gasteiger partial charge on any atom is 0.249 e. The van der Waals surface area contributed by atoms with Crippen molar-refractivity contribution in [2.75, 3.05) is 33.4 Å².